The fourth-order valence-electron chi connectivity index (χ4n) is 1.82. The van der Waals surface area contributed by atoms with E-state index in [1.165, 1.54) is 0 Å². The molecule has 16 heavy (non-hydrogen) atoms. The number of hydrogen-bond donors (Lipinski definition) is 1. The predicted molar refractivity (Wildman–Crippen MR) is 63.2 cm³/mol. The van der Waals surface area contributed by atoms with Gasteiger partial charge in [0.05, 0.1) is 6.61 Å². The first-order valence-electron chi connectivity index (χ1n) is 5.62. The van der Waals surface area contributed by atoms with Crippen LogP contribution >= 0.6 is 0 Å². The number of aryl methyl sites for hydroxylation is 1. The average molecular weight is 226 g/mol. The molecule has 1 N–H and O–H groups in total. The first-order valence-corrected chi connectivity index (χ1v) is 5.62. The Hall–Kier alpha value is -0.940. The summed E-state index contributed by atoms with van der Waals surface area (Å²) >= 11 is 0. The maximum Gasteiger partial charge on any atom is 0.137 e. The number of nitrogens with zero attached hydrogens (tertiary/aromatic N) is 3. The second kappa shape index (κ2) is 5.96. The molecule has 0 saturated carbocycles. The molecular weight excluding hydrogens is 204 g/mol. The van der Waals surface area contributed by atoms with Gasteiger partial charge in [-0.2, -0.15) is 5.10 Å². The second-order valence-electron chi connectivity index (χ2n) is 4.81. The summed E-state index contributed by atoms with van der Waals surface area (Å²) in [6.07, 6.45) is 4.33. The summed E-state index contributed by atoms with van der Waals surface area (Å²) in [5.41, 5.74) is 0.0104. The Kier molecular flexibility index (Phi) is 4.89. The number of nitrogens with one attached hydrogen (secondary N) is 1. The van der Waals surface area contributed by atoms with Gasteiger partial charge in [-0.25, -0.2) is 4.98 Å². The van der Waals surface area contributed by atoms with Crippen molar-refractivity contribution in [1.82, 2.24) is 20.1 Å². The molecule has 0 aliphatic carbocycles. The van der Waals surface area contributed by atoms with Crippen LogP contribution in [0.4, 0.5) is 0 Å². The second-order valence-corrected chi connectivity index (χ2v) is 4.81. The van der Waals surface area contributed by atoms with E-state index in [1.54, 1.807) is 19.8 Å². The molecule has 0 amide bonds. The van der Waals surface area contributed by atoms with Gasteiger partial charge in [0.2, 0.25) is 0 Å². The van der Waals surface area contributed by atoms with Crippen molar-refractivity contribution in [3.63, 3.8) is 0 Å². The highest BCUT2D eigenvalue weighted by molar-refractivity contribution is 4.80. The summed E-state index contributed by atoms with van der Waals surface area (Å²) < 4.78 is 7.02. The minimum Gasteiger partial charge on any atom is -0.383 e. The Balaban J connectivity index is 2.27. The van der Waals surface area contributed by atoms with Crippen molar-refractivity contribution in [3.05, 3.63) is 12.7 Å². The molecule has 0 radical (unpaired) electrons. The standard InChI is InChI=1S/C11H22N4O/c1-10(14-11(2,3)7-16-4)5-6-15-9-12-8-13-15/h8-10,14H,5-7H2,1-4H3. The van der Waals surface area contributed by atoms with Gasteiger partial charge in [0.15, 0.2) is 0 Å². The summed E-state index contributed by atoms with van der Waals surface area (Å²) in [5, 5.41) is 7.61. The fourth-order valence-corrected chi connectivity index (χ4v) is 1.82. The Morgan fingerprint density at radius 2 is 2.25 bits per heavy atom. The lowest BCUT2D eigenvalue weighted by Crippen LogP contribution is -2.48. The number of hydrogen-bond acceptors (Lipinski definition) is 4. The van der Waals surface area contributed by atoms with Crippen LogP contribution in [0.5, 0.6) is 0 Å². The molecule has 5 nitrogen and oxygen atoms in total. The summed E-state index contributed by atoms with van der Waals surface area (Å²) in [5.74, 6) is 0. The molecular formula is C11H22N4O. The molecule has 0 bridgehead atoms. The largest absolute Gasteiger partial charge is 0.383 e. The van der Waals surface area contributed by atoms with Crippen LogP contribution in [0.2, 0.25) is 0 Å². The summed E-state index contributed by atoms with van der Waals surface area (Å²) in [6.45, 7) is 8.05. The van der Waals surface area contributed by atoms with Crippen LogP contribution in [-0.2, 0) is 11.3 Å². The Labute approximate surface area is 97.2 Å². The minimum atomic E-state index is 0.0104. The molecule has 0 aromatic carbocycles. The maximum atomic E-state index is 5.17. The third kappa shape index (κ3) is 4.72. The number of ether oxygens (including phenoxy) is 1. The Morgan fingerprint density at radius 1 is 1.50 bits per heavy atom. The van der Waals surface area contributed by atoms with Gasteiger partial charge in [-0.1, -0.05) is 0 Å². The van der Waals surface area contributed by atoms with E-state index in [9.17, 15) is 0 Å². The van der Waals surface area contributed by atoms with Gasteiger partial charge in [-0.05, 0) is 27.2 Å². The van der Waals surface area contributed by atoms with Gasteiger partial charge in [0.1, 0.15) is 12.7 Å². The highest BCUT2D eigenvalue weighted by atomic mass is 16.5. The quantitative estimate of drug-likeness (QED) is 0.755. The molecule has 1 rings (SSSR count). The summed E-state index contributed by atoms with van der Waals surface area (Å²) in [6, 6.07) is 0.425. The van der Waals surface area contributed by atoms with E-state index in [0.29, 0.717) is 12.6 Å². The molecule has 1 atom stereocenters. The normalized spacial score (nSPS) is 14.0. The van der Waals surface area contributed by atoms with Crippen LogP contribution < -0.4 is 5.32 Å². The van der Waals surface area contributed by atoms with Gasteiger partial charge in [0, 0.05) is 25.2 Å². The summed E-state index contributed by atoms with van der Waals surface area (Å²) in [4.78, 5) is 3.92. The van der Waals surface area contributed by atoms with Crippen LogP contribution in [0, 0.1) is 0 Å². The third-order valence-electron chi connectivity index (χ3n) is 2.40. The van der Waals surface area contributed by atoms with Gasteiger partial charge in [0.25, 0.3) is 0 Å². The molecule has 1 heterocycles. The zero-order valence-electron chi connectivity index (χ0n) is 10.6. The molecule has 1 unspecified atom stereocenters. The molecule has 92 valence electrons. The lowest BCUT2D eigenvalue weighted by atomic mass is 10.0. The zero-order chi connectivity index (χ0) is 12.0. The highest BCUT2D eigenvalue weighted by Crippen LogP contribution is 2.06. The van der Waals surface area contributed by atoms with Crippen molar-refractivity contribution in [3.8, 4) is 0 Å². The van der Waals surface area contributed by atoms with Gasteiger partial charge in [-0.3, -0.25) is 4.68 Å². The van der Waals surface area contributed by atoms with Crippen molar-refractivity contribution < 1.29 is 4.74 Å². The number of rotatable bonds is 7. The van der Waals surface area contributed by atoms with Crippen LogP contribution in [0.25, 0.3) is 0 Å². The smallest absolute Gasteiger partial charge is 0.137 e. The van der Waals surface area contributed by atoms with Crippen LogP contribution in [0.15, 0.2) is 12.7 Å². The molecule has 0 saturated heterocycles. The monoisotopic (exact) mass is 226 g/mol. The number of methoxy groups -OCH3 is 1. The van der Waals surface area contributed by atoms with E-state index in [4.69, 9.17) is 4.74 Å². The van der Waals surface area contributed by atoms with Gasteiger partial charge >= 0.3 is 0 Å². The first-order chi connectivity index (χ1) is 7.53. The van der Waals surface area contributed by atoms with Crippen molar-refractivity contribution in [2.75, 3.05) is 13.7 Å². The van der Waals surface area contributed by atoms with E-state index in [-0.39, 0.29) is 5.54 Å². The highest BCUT2D eigenvalue weighted by Gasteiger charge is 2.19. The van der Waals surface area contributed by atoms with Gasteiger partial charge < -0.3 is 10.1 Å². The average Bonchev–Trinajstić information content (AvgIpc) is 2.66. The SMILES string of the molecule is COCC(C)(C)NC(C)CCn1cncn1. The fraction of sp³-hybridized carbons (Fsp3) is 0.818. The van der Waals surface area contributed by atoms with Crippen LogP contribution in [-0.4, -0.2) is 40.1 Å². The minimum absolute atomic E-state index is 0.0104. The lowest BCUT2D eigenvalue weighted by molar-refractivity contribution is 0.120. The molecule has 0 spiro atoms. The number of aromatic nitrogens is 3. The van der Waals surface area contributed by atoms with Gasteiger partial charge in [-0.15, -0.1) is 0 Å². The topological polar surface area (TPSA) is 52.0 Å². The molecule has 1 aromatic rings. The maximum absolute atomic E-state index is 5.17. The third-order valence-corrected chi connectivity index (χ3v) is 2.40. The Morgan fingerprint density at radius 3 is 2.81 bits per heavy atom. The Bertz CT molecular complexity index is 284. The van der Waals surface area contributed by atoms with E-state index in [2.05, 4.69) is 36.2 Å². The van der Waals surface area contributed by atoms with Crippen LogP contribution in [0.1, 0.15) is 27.2 Å². The zero-order valence-corrected chi connectivity index (χ0v) is 10.6. The molecule has 0 aliphatic rings. The van der Waals surface area contributed by atoms with E-state index in [1.807, 2.05) is 4.68 Å². The molecule has 5 heteroatoms. The van der Waals surface area contributed by atoms with E-state index < -0.39 is 0 Å². The predicted octanol–water partition coefficient (Wildman–Crippen LogP) is 1.07. The lowest BCUT2D eigenvalue weighted by Gasteiger charge is -2.29. The van der Waals surface area contributed by atoms with Crippen molar-refractivity contribution in [2.45, 2.75) is 45.3 Å². The van der Waals surface area contributed by atoms with E-state index in [0.717, 1.165) is 13.0 Å². The van der Waals surface area contributed by atoms with Crippen molar-refractivity contribution in [1.29, 1.82) is 0 Å². The molecule has 1 aromatic heterocycles. The summed E-state index contributed by atoms with van der Waals surface area (Å²) in [7, 11) is 1.73. The van der Waals surface area contributed by atoms with Crippen molar-refractivity contribution in [2.24, 2.45) is 0 Å². The van der Waals surface area contributed by atoms with Crippen molar-refractivity contribution >= 4 is 0 Å². The van der Waals surface area contributed by atoms with E-state index >= 15 is 0 Å². The van der Waals surface area contributed by atoms with Crippen LogP contribution in [0.3, 0.4) is 0 Å². The molecule has 0 fully saturated rings. The molecule has 0 aliphatic heterocycles. The first kappa shape index (κ1) is 13.1.